The number of carbonyl (C=O) groups excluding carboxylic acids is 2. The Morgan fingerprint density at radius 1 is 1.25 bits per heavy atom. The van der Waals surface area contributed by atoms with Gasteiger partial charge >= 0.3 is 5.97 Å². The largest absolute Gasteiger partial charge is 0.465 e. The summed E-state index contributed by atoms with van der Waals surface area (Å²) < 4.78 is 8.75. The van der Waals surface area contributed by atoms with E-state index in [0.717, 1.165) is 30.8 Å². The second-order valence-electron chi connectivity index (χ2n) is 4.33. The molecule has 1 rings (SSSR count). The first-order valence-electron chi connectivity index (χ1n) is 6.90. The monoisotopic (exact) mass is 299 g/mol. The molecule has 0 unspecified atom stereocenters. The second-order valence-corrected chi connectivity index (χ2v) is 5.08. The molecular formula is C13H21N3O3S. The van der Waals surface area contributed by atoms with Crippen LogP contribution in [-0.4, -0.2) is 46.1 Å². The molecule has 0 N–H and O–H groups in total. The van der Waals surface area contributed by atoms with Gasteiger partial charge in [-0.3, -0.25) is 9.59 Å². The Morgan fingerprint density at radius 3 is 2.60 bits per heavy atom. The average molecular weight is 299 g/mol. The summed E-state index contributed by atoms with van der Waals surface area (Å²) in [5.41, 5.74) is 0.715. The number of hydrogen-bond acceptors (Lipinski definition) is 6. The number of aryl methyl sites for hydroxylation is 1. The van der Waals surface area contributed by atoms with Gasteiger partial charge in [0.2, 0.25) is 0 Å². The third-order valence-electron chi connectivity index (χ3n) is 2.64. The highest BCUT2D eigenvalue weighted by Crippen LogP contribution is 2.15. The molecule has 112 valence electrons. The smallest absolute Gasteiger partial charge is 0.325 e. The van der Waals surface area contributed by atoms with Crippen LogP contribution in [0.15, 0.2) is 0 Å². The third-order valence-corrected chi connectivity index (χ3v) is 3.40. The maximum absolute atomic E-state index is 12.5. The lowest BCUT2D eigenvalue weighted by Gasteiger charge is -2.20. The first-order chi connectivity index (χ1) is 9.63. The highest BCUT2D eigenvalue weighted by molar-refractivity contribution is 7.08. The number of amides is 1. The van der Waals surface area contributed by atoms with E-state index in [2.05, 4.69) is 9.59 Å². The van der Waals surface area contributed by atoms with Gasteiger partial charge in [-0.2, -0.15) is 0 Å². The molecule has 0 aliphatic carbocycles. The van der Waals surface area contributed by atoms with Gasteiger partial charge in [-0.1, -0.05) is 24.8 Å². The molecule has 0 saturated carbocycles. The molecule has 0 bridgehead atoms. The van der Waals surface area contributed by atoms with Crippen LogP contribution in [0.25, 0.3) is 0 Å². The van der Waals surface area contributed by atoms with Crippen LogP contribution in [0.1, 0.15) is 49.0 Å². The zero-order valence-corrected chi connectivity index (χ0v) is 13.0. The van der Waals surface area contributed by atoms with Crippen molar-refractivity contribution in [2.75, 3.05) is 19.7 Å². The van der Waals surface area contributed by atoms with E-state index in [9.17, 15) is 9.59 Å². The molecule has 1 amide bonds. The summed E-state index contributed by atoms with van der Waals surface area (Å²) in [6, 6.07) is 0. The van der Waals surface area contributed by atoms with Gasteiger partial charge in [-0.15, -0.1) is 5.10 Å². The molecule has 1 aromatic rings. The topological polar surface area (TPSA) is 72.4 Å². The van der Waals surface area contributed by atoms with Gasteiger partial charge < -0.3 is 9.64 Å². The van der Waals surface area contributed by atoms with Crippen LogP contribution in [0.2, 0.25) is 0 Å². The molecule has 0 radical (unpaired) electrons. The predicted octanol–water partition coefficient (Wildman–Crippen LogP) is 1.91. The van der Waals surface area contributed by atoms with Crippen molar-refractivity contribution in [3.05, 3.63) is 10.6 Å². The van der Waals surface area contributed by atoms with Gasteiger partial charge in [0, 0.05) is 6.54 Å². The molecular weight excluding hydrogens is 278 g/mol. The molecule has 0 spiro atoms. The quantitative estimate of drug-likeness (QED) is 0.686. The summed E-state index contributed by atoms with van der Waals surface area (Å²) >= 11 is 1.09. The number of carbonyl (C=O) groups is 2. The fourth-order valence-corrected chi connectivity index (χ4v) is 2.48. The molecule has 1 aromatic heterocycles. The molecule has 1 heterocycles. The van der Waals surface area contributed by atoms with E-state index < -0.39 is 0 Å². The lowest BCUT2D eigenvalue weighted by Crippen LogP contribution is -2.37. The van der Waals surface area contributed by atoms with E-state index in [1.54, 1.807) is 6.92 Å². The Kier molecular flexibility index (Phi) is 7.14. The van der Waals surface area contributed by atoms with Gasteiger partial charge in [0.15, 0.2) is 0 Å². The van der Waals surface area contributed by atoms with Gasteiger partial charge in [0.25, 0.3) is 5.91 Å². The highest BCUT2D eigenvalue weighted by atomic mass is 32.1. The minimum absolute atomic E-state index is 0.0238. The van der Waals surface area contributed by atoms with Crippen molar-refractivity contribution in [1.29, 1.82) is 0 Å². The Morgan fingerprint density at radius 2 is 2.00 bits per heavy atom. The number of aromatic nitrogens is 2. The first kappa shape index (κ1) is 16.6. The van der Waals surface area contributed by atoms with Gasteiger partial charge in [0.05, 0.1) is 12.3 Å². The normalized spacial score (nSPS) is 10.3. The molecule has 6 nitrogen and oxygen atoms in total. The molecule has 0 atom stereocenters. The second kappa shape index (κ2) is 8.63. The zero-order valence-electron chi connectivity index (χ0n) is 12.2. The number of rotatable bonds is 8. The van der Waals surface area contributed by atoms with Crippen LogP contribution >= 0.6 is 11.5 Å². The third kappa shape index (κ3) is 4.56. The summed E-state index contributed by atoms with van der Waals surface area (Å²) in [5, 5.41) is 3.99. The summed E-state index contributed by atoms with van der Waals surface area (Å²) in [4.78, 5) is 26.1. The summed E-state index contributed by atoms with van der Waals surface area (Å²) in [5.74, 6) is -0.567. The predicted molar refractivity (Wildman–Crippen MR) is 76.7 cm³/mol. The molecule has 0 aromatic carbocycles. The molecule has 0 aliphatic heterocycles. The molecule has 0 saturated heterocycles. The van der Waals surface area contributed by atoms with Crippen molar-refractivity contribution in [3.63, 3.8) is 0 Å². The fraction of sp³-hybridized carbons (Fsp3) is 0.692. The SMILES string of the molecule is CCCc1nnsc1C(=O)N(CCC)CC(=O)OCC. The van der Waals surface area contributed by atoms with Crippen molar-refractivity contribution in [1.82, 2.24) is 14.5 Å². The van der Waals surface area contributed by atoms with Crippen molar-refractivity contribution < 1.29 is 14.3 Å². The van der Waals surface area contributed by atoms with E-state index in [1.165, 1.54) is 4.90 Å². The van der Waals surface area contributed by atoms with E-state index >= 15 is 0 Å². The molecule has 0 aliphatic rings. The lowest BCUT2D eigenvalue weighted by atomic mass is 10.2. The van der Waals surface area contributed by atoms with Crippen LogP contribution < -0.4 is 0 Å². The average Bonchev–Trinajstić information content (AvgIpc) is 2.86. The van der Waals surface area contributed by atoms with Gasteiger partial charge in [-0.05, 0) is 31.3 Å². The number of esters is 1. The van der Waals surface area contributed by atoms with E-state index in [1.807, 2.05) is 13.8 Å². The Labute approximate surface area is 123 Å². The van der Waals surface area contributed by atoms with Gasteiger partial charge in [-0.25, -0.2) is 0 Å². The number of ether oxygens (including phenoxy) is 1. The van der Waals surface area contributed by atoms with E-state index in [-0.39, 0.29) is 18.4 Å². The standard InChI is InChI=1S/C13H21N3O3S/c1-4-7-10-12(20-15-14-10)13(18)16(8-5-2)9-11(17)19-6-3/h4-9H2,1-3H3. The maximum atomic E-state index is 12.5. The van der Waals surface area contributed by atoms with Crippen LogP contribution in [0, 0.1) is 0 Å². The van der Waals surface area contributed by atoms with E-state index in [0.29, 0.717) is 23.7 Å². The first-order valence-corrected chi connectivity index (χ1v) is 7.67. The van der Waals surface area contributed by atoms with Crippen molar-refractivity contribution >= 4 is 23.4 Å². The fourth-order valence-electron chi connectivity index (χ4n) is 1.80. The van der Waals surface area contributed by atoms with Crippen LogP contribution in [0.3, 0.4) is 0 Å². The number of nitrogens with zero attached hydrogens (tertiary/aromatic N) is 3. The summed E-state index contributed by atoms with van der Waals surface area (Å²) in [6.07, 6.45) is 2.40. The number of hydrogen-bond donors (Lipinski definition) is 0. The maximum Gasteiger partial charge on any atom is 0.325 e. The van der Waals surface area contributed by atoms with Crippen LogP contribution in [0.4, 0.5) is 0 Å². The molecule has 0 fully saturated rings. The molecule has 20 heavy (non-hydrogen) atoms. The molecule has 7 heteroatoms. The zero-order chi connectivity index (χ0) is 15.0. The van der Waals surface area contributed by atoms with E-state index in [4.69, 9.17) is 4.74 Å². The minimum atomic E-state index is -0.385. The van der Waals surface area contributed by atoms with Crippen LogP contribution in [-0.2, 0) is 16.0 Å². The van der Waals surface area contributed by atoms with Crippen molar-refractivity contribution in [2.24, 2.45) is 0 Å². The lowest BCUT2D eigenvalue weighted by molar-refractivity contribution is -0.143. The summed E-state index contributed by atoms with van der Waals surface area (Å²) in [7, 11) is 0. The van der Waals surface area contributed by atoms with Crippen molar-refractivity contribution in [3.8, 4) is 0 Å². The summed E-state index contributed by atoms with van der Waals surface area (Å²) in [6.45, 7) is 6.54. The highest BCUT2D eigenvalue weighted by Gasteiger charge is 2.23. The van der Waals surface area contributed by atoms with Gasteiger partial charge in [0.1, 0.15) is 11.4 Å². The van der Waals surface area contributed by atoms with Crippen LogP contribution in [0.5, 0.6) is 0 Å². The Balaban J connectivity index is 2.82. The minimum Gasteiger partial charge on any atom is -0.465 e. The van der Waals surface area contributed by atoms with Crippen molar-refractivity contribution in [2.45, 2.75) is 40.0 Å². The Bertz CT molecular complexity index is 448. The Hall–Kier alpha value is -1.50.